The number of nitrogens with zero attached hydrogens (tertiary/aromatic N) is 6. The van der Waals surface area contributed by atoms with Gasteiger partial charge in [-0.25, -0.2) is 9.67 Å². The molecule has 0 saturated carbocycles. The Hall–Kier alpha value is -2.92. The second-order valence-electron chi connectivity index (χ2n) is 6.28. The van der Waals surface area contributed by atoms with Crippen LogP contribution < -0.4 is 10.2 Å². The number of alkyl halides is 3. The Morgan fingerprint density at radius 1 is 1.37 bits per heavy atom. The highest BCUT2D eigenvalue weighted by Crippen LogP contribution is 2.21. The van der Waals surface area contributed by atoms with E-state index in [9.17, 15) is 22.8 Å². The smallest absolute Gasteiger partial charge is 0.337 e. The van der Waals surface area contributed by atoms with Crippen molar-refractivity contribution in [3.8, 4) is 0 Å². The van der Waals surface area contributed by atoms with Crippen LogP contribution >= 0.6 is 0 Å². The number of aromatic nitrogens is 5. The van der Waals surface area contributed by atoms with Crippen LogP contribution in [0, 0.1) is 6.92 Å². The topological polar surface area (TPSA) is 97.9 Å². The number of nitrogens with one attached hydrogen (secondary N) is 1. The number of hydrogen-bond donors (Lipinski definition) is 1. The number of fused-ring (bicyclic) bond motifs is 1. The van der Waals surface area contributed by atoms with E-state index in [1.165, 1.54) is 4.90 Å². The number of amides is 2. The molecule has 9 nitrogen and oxygen atoms in total. The second kappa shape index (κ2) is 7.00. The van der Waals surface area contributed by atoms with E-state index in [1.54, 1.807) is 17.8 Å². The number of anilines is 1. The van der Waals surface area contributed by atoms with Crippen LogP contribution in [0.1, 0.15) is 29.2 Å². The Bertz CT molecular complexity index is 858. The van der Waals surface area contributed by atoms with Crippen molar-refractivity contribution in [3.05, 3.63) is 23.9 Å². The van der Waals surface area contributed by atoms with E-state index >= 15 is 0 Å². The van der Waals surface area contributed by atoms with E-state index in [-0.39, 0.29) is 11.7 Å². The maximum atomic E-state index is 12.6. The number of hydrogen-bond acceptors (Lipinski definition) is 5. The molecule has 3 rings (SSSR count). The standard InChI is InChI=1S/C15H18F3N7O2/c1-9-7-11-23(2)14(27)10(3-5-25(11)21-9)20-13(26)12-19-8-24(22-12)6-4-15(16,17)18/h7-8,10H,3-6H2,1-2H3,(H,20,26). The third-order valence-electron chi connectivity index (χ3n) is 4.15. The summed E-state index contributed by atoms with van der Waals surface area (Å²) in [4.78, 5) is 30.0. The van der Waals surface area contributed by atoms with E-state index in [1.807, 2.05) is 6.92 Å². The summed E-state index contributed by atoms with van der Waals surface area (Å²) in [5, 5.41) is 10.6. The van der Waals surface area contributed by atoms with Crippen LogP contribution in [0.3, 0.4) is 0 Å². The van der Waals surface area contributed by atoms with Gasteiger partial charge in [0.05, 0.1) is 18.7 Å². The van der Waals surface area contributed by atoms with Crippen molar-refractivity contribution in [2.75, 3.05) is 11.9 Å². The van der Waals surface area contributed by atoms with Gasteiger partial charge in [0.1, 0.15) is 18.2 Å². The fraction of sp³-hybridized carbons (Fsp3) is 0.533. The summed E-state index contributed by atoms with van der Waals surface area (Å²) in [6.07, 6.45) is -4.03. The van der Waals surface area contributed by atoms with Gasteiger partial charge in [0.15, 0.2) is 0 Å². The zero-order chi connectivity index (χ0) is 19.8. The molecule has 1 unspecified atom stereocenters. The van der Waals surface area contributed by atoms with E-state index < -0.39 is 31.1 Å². The van der Waals surface area contributed by atoms with E-state index in [0.717, 1.165) is 16.7 Å². The van der Waals surface area contributed by atoms with Crippen LogP contribution in [-0.2, 0) is 17.9 Å². The van der Waals surface area contributed by atoms with Gasteiger partial charge in [0.25, 0.3) is 11.8 Å². The highest BCUT2D eigenvalue weighted by atomic mass is 19.4. The first-order valence-corrected chi connectivity index (χ1v) is 8.23. The molecule has 0 spiro atoms. The number of carbonyl (C=O) groups excluding carboxylic acids is 2. The molecule has 0 saturated heterocycles. The SMILES string of the molecule is Cc1cc2n(n1)CCC(NC(=O)c1ncn(CCC(F)(F)F)n1)C(=O)N2C. The Balaban J connectivity index is 1.65. The molecule has 2 aromatic heterocycles. The van der Waals surface area contributed by atoms with Crippen molar-refractivity contribution in [1.82, 2.24) is 29.9 Å². The Kier molecular flexibility index (Phi) is 4.89. The van der Waals surface area contributed by atoms with Crippen LogP contribution in [0.15, 0.2) is 12.4 Å². The first kappa shape index (κ1) is 18.9. The summed E-state index contributed by atoms with van der Waals surface area (Å²) in [6, 6.07) is 0.957. The van der Waals surface area contributed by atoms with Gasteiger partial charge in [-0.1, -0.05) is 0 Å². The molecule has 1 atom stereocenters. The summed E-state index contributed by atoms with van der Waals surface area (Å²) in [5.74, 6) is -0.698. The highest BCUT2D eigenvalue weighted by Gasteiger charge is 2.31. The molecule has 0 bridgehead atoms. The average Bonchev–Trinajstić information content (AvgIpc) is 3.19. The Morgan fingerprint density at radius 2 is 2.11 bits per heavy atom. The van der Waals surface area contributed by atoms with Gasteiger partial charge in [0, 0.05) is 19.7 Å². The van der Waals surface area contributed by atoms with Crippen molar-refractivity contribution in [2.45, 2.75) is 45.1 Å². The molecule has 1 aliphatic heterocycles. The first-order valence-electron chi connectivity index (χ1n) is 8.23. The molecular formula is C15H18F3N7O2. The number of rotatable bonds is 4. The van der Waals surface area contributed by atoms with Gasteiger partial charge >= 0.3 is 6.18 Å². The van der Waals surface area contributed by atoms with Gasteiger partial charge in [-0.2, -0.15) is 18.3 Å². The minimum absolute atomic E-state index is 0.287. The lowest BCUT2D eigenvalue weighted by Crippen LogP contribution is -2.47. The minimum Gasteiger partial charge on any atom is -0.337 e. The van der Waals surface area contributed by atoms with Crippen molar-refractivity contribution in [2.24, 2.45) is 0 Å². The molecule has 1 aliphatic rings. The van der Waals surface area contributed by atoms with Gasteiger partial charge in [0.2, 0.25) is 5.82 Å². The Labute approximate surface area is 152 Å². The molecule has 2 amide bonds. The molecule has 146 valence electrons. The number of likely N-dealkylation sites (N-methyl/N-ethyl adjacent to an activating group) is 1. The number of halogens is 3. The molecule has 27 heavy (non-hydrogen) atoms. The zero-order valence-electron chi connectivity index (χ0n) is 14.7. The van der Waals surface area contributed by atoms with Gasteiger partial charge in [-0.3, -0.25) is 19.2 Å². The molecule has 2 aromatic rings. The Morgan fingerprint density at radius 3 is 2.81 bits per heavy atom. The van der Waals surface area contributed by atoms with Gasteiger partial charge in [-0.15, -0.1) is 5.10 Å². The first-order chi connectivity index (χ1) is 12.6. The molecule has 0 radical (unpaired) electrons. The fourth-order valence-electron chi connectivity index (χ4n) is 2.79. The summed E-state index contributed by atoms with van der Waals surface area (Å²) >= 11 is 0. The van der Waals surface area contributed by atoms with Crippen molar-refractivity contribution in [3.63, 3.8) is 0 Å². The normalized spacial score (nSPS) is 17.6. The van der Waals surface area contributed by atoms with E-state index in [2.05, 4.69) is 20.5 Å². The van der Waals surface area contributed by atoms with Crippen molar-refractivity contribution < 1.29 is 22.8 Å². The van der Waals surface area contributed by atoms with Crippen LogP contribution in [0.25, 0.3) is 0 Å². The molecule has 0 aliphatic carbocycles. The van der Waals surface area contributed by atoms with Gasteiger partial charge < -0.3 is 5.32 Å². The second-order valence-corrected chi connectivity index (χ2v) is 6.28. The monoisotopic (exact) mass is 385 g/mol. The summed E-state index contributed by atoms with van der Waals surface area (Å²) < 4.78 is 39.4. The molecular weight excluding hydrogens is 367 g/mol. The average molecular weight is 385 g/mol. The summed E-state index contributed by atoms with van der Waals surface area (Å²) in [7, 11) is 1.59. The molecule has 0 aromatic carbocycles. The summed E-state index contributed by atoms with van der Waals surface area (Å²) in [5.41, 5.74) is 0.778. The van der Waals surface area contributed by atoms with E-state index in [4.69, 9.17) is 0 Å². The quantitative estimate of drug-likeness (QED) is 0.843. The van der Waals surface area contributed by atoms with Crippen molar-refractivity contribution in [1.29, 1.82) is 0 Å². The zero-order valence-corrected chi connectivity index (χ0v) is 14.7. The predicted octanol–water partition coefficient (Wildman–Crippen LogP) is 0.901. The minimum atomic E-state index is -4.32. The third kappa shape index (κ3) is 4.26. The number of carbonyl (C=O) groups is 2. The summed E-state index contributed by atoms with van der Waals surface area (Å²) in [6.45, 7) is 1.81. The van der Waals surface area contributed by atoms with Gasteiger partial charge in [-0.05, 0) is 13.3 Å². The predicted molar refractivity (Wildman–Crippen MR) is 86.9 cm³/mol. The van der Waals surface area contributed by atoms with Crippen LogP contribution in [0.4, 0.5) is 19.0 Å². The lowest BCUT2D eigenvalue weighted by Gasteiger charge is -2.19. The fourth-order valence-corrected chi connectivity index (χ4v) is 2.79. The number of aryl methyl sites for hydroxylation is 3. The van der Waals surface area contributed by atoms with Crippen LogP contribution in [0.2, 0.25) is 0 Å². The lowest BCUT2D eigenvalue weighted by atomic mass is 10.2. The van der Waals surface area contributed by atoms with Crippen LogP contribution in [0.5, 0.6) is 0 Å². The maximum Gasteiger partial charge on any atom is 0.390 e. The highest BCUT2D eigenvalue weighted by molar-refractivity contribution is 6.00. The largest absolute Gasteiger partial charge is 0.390 e. The molecule has 0 fully saturated rings. The van der Waals surface area contributed by atoms with E-state index in [0.29, 0.717) is 18.8 Å². The third-order valence-corrected chi connectivity index (χ3v) is 4.15. The molecule has 1 N–H and O–H groups in total. The maximum absolute atomic E-state index is 12.6. The van der Waals surface area contributed by atoms with Crippen molar-refractivity contribution >= 4 is 17.6 Å². The molecule has 3 heterocycles. The lowest BCUT2D eigenvalue weighted by molar-refractivity contribution is -0.137. The van der Waals surface area contributed by atoms with Crippen LogP contribution in [-0.4, -0.2) is 55.6 Å². The molecule has 12 heteroatoms.